The smallest absolute Gasteiger partial charge is 0.241 e. The molecule has 0 bridgehead atoms. The first-order valence-electron chi connectivity index (χ1n) is 10.5. The van der Waals surface area contributed by atoms with Gasteiger partial charge in [-0.1, -0.05) is 6.07 Å². The molecule has 1 aliphatic heterocycles. The standard InChI is InChI=1S/C21H32FN3O3S/c1-15(2)24-10-12-25(13-11-24)21(26)17-5-8-19(9-6-17)23-29(27,28)20-14-18(22)7-4-16(20)3/h4,7,14-15,17,19,23H,5-6,8-13H2,1-3H3/t17-,19+. The summed E-state index contributed by atoms with van der Waals surface area (Å²) in [4.78, 5) is 17.2. The fourth-order valence-corrected chi connectivity index (χ4v) is 5.88. The van der Waals surface area contributed by atoms with Crippen molar-refractivity contribution in [3.8, 4) is 0 Å². The second kappa shape index (κ2) is 9.10. The number of carbonyl (C=O) groups excluding carboxylic acids is 1. The molecule has 0 unspecified atom stereocenters. The number of rotatable bonds is 5. The second-order valence-corrected chi connectivity index (χ2v) is 10.2. The molecular weight excluding hydrogens is 393 g/mol. The number of carbonyl (C=O) groups is 1. The van der Waals surface area contributed by atoms with Gasteiger partial charge in [0, 0.05) is 44.2 Å². The van der Waals surface area contributed by atoms with E-state index in [-0.39, 0.29) is 22.8 Å². The number of halogens is 1. The number of benzene rings is 1. The number of nitrogens with zero attached hydrogens (tertiary/aromatic N) is 2. The Morgan fingerprint density at radius 2 is 1.72 bits per heavy atom. The van der Waals surface area contributed by atoms with Gasteiger partial charge in [-0.3, -0.25) is 9.69 Å². The molecule has 1 amide bonds. The number of amides is 1. The monoisotopic (exact) mass is 425 g/mol. The summed E-state index contributed by atoms with van der Waals surface area (Å²) in [5.74, 6) is -0.393. The summed E-state index contributed by atoms with van der Waals surface area (Å²) in [6.07, 6.45) is 2.60. The molecule has 0 radical (unpaired) electrons. The van der Waals surface area contributed by atoms with Crippen LogP contribution < -0.4 is 4.72 Å². The molecule has 2 aliphatic rings. The Morgan fingerprint density at radius 3 is 2.31 bits per heavy atom. The lowest BCUT2D eigenvalue weighted by Crippen LogP contribution is -2.52. The van der Waals surface area contributed by atoms with Gasteiger partial charge in [-0.15, -0.1) is 0 Å². The molecule has 0 aromatic heterocycles. The molecule has 3 rings (SSSR count). The summed E-state index contributed by atoms with van der Waals surface area (Å²) in [6.45, 7) is 9.35. The third-order valence-corrected chi connectivity index (χ3v) is 7.86. The number of piperazine rings is 1. The van der Waals surface area contributed by atoms with Gasteiger partial charge >= 0.3 is 0 Å². The zero-order chi connectivity index (χ0) is 21.2. The van der Waals surface area contributed by atoms with Crippen LogP contribution in [0.5, 0.6) is 0 Å². The van der Waals surface area contributed by atoms with Gasteiger partial charge in [-0.25, -0.2) is 17.5 Å². The van der Waals surface area contributed by atoms with E-state index in [2.05, 4.69) is 23.5 Å². The van der Waals surface area contributed by atoms with Gasteiger partial charge in [0.2, 0.25) is 15.9 Å². The molecule has 8 heteroatoms. The Bertz CT molecular complexity index is 828. The van der Waals surface area contributed by atoms with Gasteiger partial charge in [-0.05, 0) is 64.2 Å². The third-order valence-electron chi connectivity index (χ3n) is 6.19. The molecular formula is C21H32FN3O3S. The van der Waals surface area contributed by atoms with E-state index in [1.165, 1.54) is 12.1 Å². The molecule has 1 aromatic carbocycles. The first kappa shape index (κ1) is 22.2. The summed E-state index contributed by atoms with van der Waals surface area (Å²) in [7, 11) is -3.78. The Hall–Kier alpha value is -1.51. The van der Waals surface area contributed by atoms with Crippen LogP contribution in [0.15, 0.2) is 23.1 Å². The van der Waals surface area contributed by atoms with Crippen LogP contribution in [0.4, 0.5) is 4.39 Å². The lowest BCUT2D eigenvalue weighted by molar-refractivity contribution is -0.138. The van der Waals surface area contributed by atoms with Crippen LogP contribution in [-0.2, 0) is 14.8 Å². The van der Waals surface area contributed by atoms with Crippen LogP contribution in [0.25, 0.3) is 0 Å². The normalized spacial score (nSPS) is 24.1. The van der Waals surface area contributed by atoms with Crippen molar-refractivity contribution in [2.45, 2.75) is 63.4 Å². The first-order valence-corrected chi connectivity index (χ1v) is 12.0. The lowest BCUT2D eigenvalue weighted by Gasteiger charge is -2.39. The van der Waals surface area contributed by atoms with Gasteiger partial charge in [0.25, 0.3) is 0 Å². The lowest BCUT2D eigenvalue weighted by atomic mass is 9.85. The third kappa shape index (κ3) is 5.35. The van der Waals surface area contributed by atoms with Gasteiger partial charge in [-0.2, -0.15) is 0 Å². The first-order chi connectivity index (χ1) is 13.7. The van der Waals surface area contributed by atoms with Crippen molar-refractivity contribution in [3.05, 3.63) is 29.6 Å². The number of hydrogen-bond acceptors (Lipinski definition) is 4. The second-order valence-electron chi connectivity index (χ2n) is 8.53. The van der Waals surface area contributed by atoms with Crippen molar-refractivity contribution in [3.63, 3.8) is 0 Å². The van der Waals surface area contributed by atoms with Crippen LogP contribution in [0.1, 0.15) is 45.1 Å². The molecule has 1 heterocycles. The molecule has 1 N–H and O–H groups in total. The van der Waals surface area contributed by atoms with Crippen LogP contribution in [0.3, 0.4) is 0 Å². The quantitative estimate of drug-likeness (QED) is 0.787. The Kier molecular flexibility index (Phi) is 6.96. The fourth-order valence-electron chi connectivity index (χ4n) is 4.32. The van der Waals surface area contributed by atoms with E-state index in [0.717, 1.165) is 32.2 Å². The molecule has 2 fully saturated rings. The average Bonchev–Trinajstić information content (AvgIpc) is 2.69. The Morgan fingerprint density at radius 1 is 1.10 bits per heavy atom. The van der Waals surface area contributed by atoms with Crippen LogP contribution >= 0.6 is 0 Å². The molecule has 1 aliphatic carbocycles. The number of hydrogen-bond donors (Lipinski definition) is 1. The number of sulfonamides is 1. The van der Waals surface area contributed by atoms with E-state index in [9.17, 15) is 17.6 Å². The fraction of sp³-hybridized carbons (Fsp3) is 0.667. The molecule has 6 nitrogen and oxygen atoms in total. The maximum absolute atomic E-state index is 13.5. The predicted octanol–water partition coefficient (Wildman–Crippen LogP) is 2.52. The van der Waals surface area contributed by atoms with E-state index < -0.39 is 15.8 Å². The molecule has 162 valence electrons. The topological polar surface area (TPSA) is 69.7 Å². The average molecular weight is 426 g/mol. The summed E-state index contributed by atoms with van der Waals surface area (Å²) < 4.78 is 41.5. The molecule has 29 heavy (non-hydrogen) atoms. The van der Waals surface area contributed by atoms with Crippen molar-refractivity contribution in [2.75, 3.05) is 26.2 Å². The molecule has 1 aromatic rings. The maximum Gasteiger partial charge on any atom is 0.241 e. The molecule has 0 spiro atoms. The summed E-state index contributed by atoms with van der Waals surface area (Å²) in [5, 5.41) is 0. The predicted molar refractivity (Wildman–Crippen MR) is 110 cm³/mol. The van der Waals surface area contributed by atoms with Crippen LogP contribution in [0.2, 0.25) is 0 Å². The molecule has 1 saturated carbocycles. The maximum atomic E-state index is 13.5. The summed E-state index contributed by atoms with van der Waals surface area (Å²) in [6, 6.07) is 4.07. The van der Waals surface area contributed by atoms with Gasteiger partial charge in [0.05, 0.1) is 4.90 Å². The molecule has 0 atom stereocenters. The highest BCUT2D eigenvalue weighted by molar-refractivity contribution is 7.89. The zero-order valence-electron chi connectivity index (χ0n) is 17.5. The van der Waals surface area contributed by atoms with E-state index >= 15 is 0 Å². The van der Waals surface area contributed by atoms with Crippen molar-refractivity contribution >= 4 is 15.9 Å². The van der Waals surface area contributed by atoms with E-state index in [1.807, 2.05) is 4.90 Å². The highest BCUT2D eigenvalue weighted by atomic mass is 32.2. The number of aryl methyl sites for hydroxylation is 1. The SMILES string of the molecule is Cc1ccc(F)cc1S(=O)(=O)N[C@H]1CC[C@@H](C(=O)N2CCN(C(C)C)CC2)CC1. The Labute approximate surface area is 173 Å². The summed E-state index contributed by atoms with van der Waals surface area (Å²) in [5.41, 5.74) is 0.517. The minimum absolute atomic E-state index is 0.0151. The summed E-state index contributed by atoms with van der Waals surface area (Å²) >= 11 is 0. The minimum atomic E-state index is -3.78. The van der Waals surface area contributed by atoms with E-state index in [4.69, 9.17) is 0 Å². The molecule has 1 saturated heterocycles. The van der Waals surface area contributed by atoms with Gasteiger partial charge in [0.15, 0.2) is 0 Å². The van der Waals surface area contributed by atoms with Crippen molar-refractivity contribution in [1.29, 1.82) is 0 Å². The van der Waals surface area contributed by atoms with Crippen molar-refractivity contribution in [2.24, 2.45) is 5.92 Å². The van der Waals surface area contributed by atoms with Crippen molar-refractivity contribution in [1.82, 2.24) is 14.5 Å². The van der Waals surface area contributed by atoms with Crippen LogP contribution in [-0.4, -0.2) is 62.4 Å². The largest absolute Gasteiger partial charge is 0.340 e. The minimum Gasteiger partial charge on any atom is -0.340 e. The highest BCUT2D eigenvalue weighted by Gasteiger charge is 2.33. The van der Waals surface area contributed by atoms with E-state index in [0.29, 0.717) is 37.3 Å². The highest BCUT2D eigenvalue weighted by Crippen LogP contribution is 2.28. The van der Waals surface area contributed by atoms with Gasteiger partial charge < -0.3 is 4.90 Å². The van der Waals surface area contributed by atoms with E-state index in [1.54, 1.807) is 6.92 Å². The Balaban J connectivity index is 1.53. The van der Waals surface area contributed by atoms with Crippen molar-refractivity contribution < 1.29 is 17.6 Å². The number of nitrogens with one attached hydrogen (secondary N) is 1. The zero-order valence-corrected chi connectivity index (χ0v) is 18.3. The van der Waals surface area contributed by atoms with Gasteiger partial charge in [0.1, 0.15) is 5.82 Å². The van der Waals surface area contributed by atoms with Crippen LogP contribution in [0, 0.1) is 18.7 Å².